The summed E-state index contributed by atoms with van der Waals surface area (Å²) in [6.45, 7) is 0. The van der Waals surface area contributed by atoms with Gasteiger partial charge in [-0.15, -0.1) is 0 Å². The Morgan fingerprint density at radius 2 is 1.37 bits per heavy atom. The fourth-order valence-corrected chi connectivity index (χ4v) is 6.03. The fraction of sp³-hybridized carbons (Fsp3) is 0.200. The average Bonchev–Trinajstić information content (AvgIpc) is 2.91. The van der Waals surface area contributed by atoms with Crippen LogP contribution < -0.4 is 14.2 Å². The molecule has 210 valence electrons. The second-order valence-electron chi connectivity index (χ2n) is 10.4. The number of aromatic hydroxyl groups is 6. The maximum atomic E-state index is 11.9. The number of benzene rings is 4. The van der Waals surface area contributed by atoms with E-state index in [-0.39, 0.29) is 57.8 Å². The fourth-order valence-electron chi connectivity index (χ4n) is 6.03. The molecule has 8 N–H and O–H groups in total. The van der Waals surface area contributed by atoms with Crippen molar-refractivity contribution in [3.63, 3.8) is 0 Å². The second kappa shape index (κ2) is 8.50. The van der Waals surface area contributed by atoms with Crippen LogP contribution in [0, 0.1) is 0 Å². The van der Waals surface area contributed by atoms with E-state index < -0.39 is 41.5 Å². The molecule has 3 aliphatic heterocycles. The van der Waals surface area contributed by atoms with E-state index in [4.69, 9.17) is 14.2 Å². The van der Waals surface area contributed by atoms with Crippen molar-refractivity contribution in [3.8, 4) is 51.7 Å². The molecule has 7 rings (SSSR count). The highest BCUT2D eigenvalue weighted by atomic mass is 16.7. The second-order valence-corrected chi connectivity index (χ2v) is 10.4. The zero-order chi connectivity index (χ0) is 28.8. The van der Waals surface area contributed by atoms with Gasteiger partial charge < -0.3 is 55.1 Å². The number of rotatable bonds is 2. The number of hydrogen-bond acceptors (Lipinski definition) is 11. The predicted molar refractivity (Wildman–Crippen MR) is 140 cm³/mol. The van der Waals surface area contributed by atoms with Gasteiger partial charge in [0, 0.05) is 35.2 Å². The SMILES string of the molecule is Oc1cc(O)c2c(c1)O[C@@]1(c3ccc(O)c(O)c3)Oc3ccc4c(c3[C@@H]2[C@H]1O)O[C@@H](c1ccc(O)c(O)c1)[C@@H](O)C4. The molecule has 3 aliphatic rings. The van der Waals surface area contributed by atoms with Gasteiger partial charge >= 0.3 is 5.79 Å². The van der Waals surface area contributed by atoms with Gasteiger partial charge in [0.25, 0.3) is 0 Å². The number of aliphatic hydroxyl groups excluding tert-OH is 2. The molecule has 0 aromatic heterocycles. The van der Waals surface area contributed by atoms with E-state index in [0.29, 0.717) is 16.7 Å². The van der Waals surface area contributed by atoms with Crippen molar-refractivity contribution in [2.24, 2.45) is 0 Å². The van der Waals surface area contributed by atoms with Crippen LogP contribution >= 0.6 is 0 Å². The lowest BCUT2D eigenvalue weighted by Crippen LogP contribution is -2.57. The summed E-state index contributed by atoms with van der Waals surface area (Å²) in [4.78, 5) is 0. The van der Waals surface area contributed by atoms with Crippen molar-refractivity contribution >= 4 is 0 Å². The maximum Gasteiger partial charge on any atom is 0.305 e. The van der Waals surface area contributed by atoms with Crippen molar-refractivity contribution in [1.82, 2.24) is 0 Å². The lowest BCUT2D eigenvalue weighted by molar-refractivity contribution is -0.219. The van der Waals surface area contributed by atoms with Crippen LogP contribution in [-0.2, 0) is 12.2 Å². The molecule has 0 amide bonds. The predicted octanol–water partition coefficient (Wildman–Crippen LogP) is 3.09. The Balaban J connectivity index is 1.45. The Kier molecular flexibility index (Phi) is 5.18. The van der Waals surface area contributed by atoms with Gasteiger partial charge in [-0.2, -0.15) is 0 Å². The van der Waals surface area contributed by atoms with Crippen molar-refractivity contribution in [2.45, 2.75) is 36.4 Å². The minimum Gasteiger partial charge on any atom is -0.508 e. The van der Waals surface area contributed by atoms with Gasteiger partial charge in [0.15, 0.2) is 23.0 Å². The van der Waals surface area contributed by atoms with Gasteiger partial charge in [-0.25, -0.2) is 0 Å². The van der Waals surface area contributed by atoms with E-state index in [0.717, 1.165) is 6.07 Å². The Hall–Kier alpha value is -5.00. The van der Waals surface area contributed by atoms with Crippen LogP contribution in [0.2, 0.25) is 0 Å². The third-order valence-electron chi connectivity index (χ3n) is 7.92. The summed E-state index contributed by atoms with van der Waals surface area (Å²) in [6, 6.07) is 13.6. The third kappa shape index (κ3) is 3.52. The number of aliphatic hydroxyl groups is 2. The van der Waals surface area contributed by atoms with Crippen LogP contribution in [0.25, 0.3) is 0 Å². The molecular formula is C30H24O11. The Labute approximate surface area is 231 Å². The van der Waals surface area contributed by atoms with Gasteiger partial charge in [-0.3, -0.25) is 0 Å². The molecule has 3 heterocycles. The summed E-state index contributed by atoms with van der Waals surface area (Å²) in [5, 5.41) is 84.0. The molecule has 2 bridgehead atoms. The van der Waals surface area contributed by atoms with Crippen LogP contribution in [0.4, 0.5) is 0 Å². The quantitative estimate of drug-likeness (QED) is 0.168. The number of hydrogen-bond donors (Lipinski definition) is 8. The molecule has 0 radical (unpaired) electrons. The molecule has 41 heavy (non-hydrogen) atoms. The highest BCUT2D eigenvalue weighted by Crippen LogP contribution is 2.61. The van der Waals surface area contributed by atoms with Crippen LogP contribution in [0.3, 0.4) is 0 Å². The monoisotopic (exact) mass is 560 g/mol. The summed E-state index contributed by atoms with van der Waals surface area (Å²) < 4.78 is 18.8. The van der Waals surface area contributed by atoms with Gasteiger partial charge in [0.1, 0.15) is 41.0 Å². The summed E-state index contributed by atoms with van der Waals surface area (Å²) in [6.07, 6.45) is -3.39. The van der Waals surface area contributed by atoms with Crippen LogP contribution in [0.5, 0.6) is 51.7 Å². The smallest absolute Gasteiger partial charge is 0.305 e. The van der Waals surface area contributed by atoms with E-state index in [1.54, 1.807) is 12.1 Å². The van der Waals surface area contributed by atoms with Crippen molar-refractivity contribution in [2.75, 3.05) is 0 Å². The van der Waals surface area contributed by atoms with Gasteiger partial charge in [0.05, 0.1) is 12.0 Å². The standard InChI is InChI=1S/C30H24O11/c31-15-10-20(36)24-23(11-15)41-30(14-3-5-17(33)19(35)9-14)29(38)26(24)25-22(40-30)6-2-13-8-21(37)27(39-28(13)25)12-1-4-16(32)18(34)7-12/h1-7,9-11,21,26-27,29,31-38H,8H2/t21-,26+,27-,29+,30+/m0/s1. The average molecular weight is 561 g/mol. The van der Waals surface area contributed by atoms with Gasteiger partial charge in [-0.05, 0) is 47.5 Å². The van der Waals surface area contributed by atoms with Crippen molar-refractivity contribution in [1.29, 1.82) is 0 Å². The van der Waals surface area contributed by atoms with Gasteiger partial charge in [-0.1, -0.05) is 12.1 Å². The zero-order valence-electron chi connectivity index (χ0n) is 21.1. The normalized spacial score (nSPS) is 25.5. The van der Waals surface area contributed by atoms with E-state index in [1.807, 2.05) is 0 Å². The lowest BCUT2D eigenvalue weighted by atomic mass is 9.74. The first-order valence-corrected chi connectivity index (χ1v) is 12.7. The Bertz CT molecular complexity index is 1730. The topological polar surface area (TPSA) is 190 Å². The molecule has 11 nitrogen and oxygen atoms in total. The molecular weight excluding hydrogens is 536 g/mol. The lowest BCUT2D eigenvalue weighted by Gasteiger charge is -2.50. The van der Waals surface area contributed by atoms with Crippen molar-refractivity contribution in [3.05, 3.63) is 88.5 Å². The molecule has 0 saturated carbocycles. The Morgan fingerprint density at radius 3 is 2.10 bits per heavy atom. The summed E-state index contributed by atoms with van der Waals surface area (Å²) in [5.74, 6) is -4.77. The minimum absolute atomic E-state index is 0.00414. The van der Waals surface area contributed by atoms with E-state index in [1.165, 1.54) is 42.5 Å². The molecule has 0 aliphatic carbocycles. The molecule has 0 fully saturated rings. The van der Waals surface area contributed by atoms with Crippen LogP contribution in [0.15, 0.2) is 60.7 Å². The molecule has 0 spiro atoms. The number of ether oxygens (including phenoxy) is 3. The molecule has 4 aromatic carbocycles. The maximum absolute atomic E-state index is 11.9. The van der Waals surface area contributed by atoms with E-state index in [2.05, 4.69) is 0 Å². The summed E-state index contributed by atoms with van der Waals surface area (Å²) in [7, 11) is 0. The molecule has 11 heteroatoms. The zero-order valence-corrected chi connectivity index (χ0v) is 21.1. The first-order valence-electron chi connectivity index (χ1n) is 12.7. The summed E-state index contributed by atoms with van der Waals surface area (Å²) in [5.41, 5.74) is 1.63. The molecule has 0 unspecified atom stereocenters. The molecule has 4 aromatic rings. The van der Waals surface area contributed by atoms with Gasteiger partial charge in [0.2, 0.25) is 0 Å². The van der Waals surface area contributed by atoms with Crippen LogP contribution in [-0.4, -0.2) is 53.1 Å². The first-order chi connectivity index (χ1) is 19.6. The number of fused-ring (bicyclic) bond motifs is 8. The van der Waals surface area contributed by atoms with Crippen molar-refractivity contribution < 1.29 is 55.1 Å². The largest absolute Gasteiger partial charge is 0.508 e. The summed E-state index contributed by atoms with van der Waals surface area (Å²) >= 11 is 0. The highest BCUT2D eigenvalue weighted by molar-refractivity contribution is 5.65. The molecule has 0 saturated heterocycles. The Morgan fingerprint density at radius 1 is 0.659 bits per heavy atom. The number of phenolic OH excluding ortho intramolecular Hbond substituents is 6. The van der Waals surface area contributed by atoms with Crippen LogP contribution in [0.1, 0.15) is 39.8 Å². The molecule has 5 atom stereocenters. The van der Waals surface area contributed by atoms with E-state index in [9.17, 15) is 40.9 Å². The first kappa shape index (κ1) is 25.0. The minimum atomic E-state index is -1.97. The number of phenols is 6. The van der Waals surface area contributed by atoms with E-state index >= 15 is 0 Å². The highest BCUT2D eigenvalue weighted by Gasteiger charge is 2.59. The third-order valence-corrected chi connectivity index (χ3v) is 7.92.